The van der Waals surface area contributed by atoms with Crippen LogP contribution < -0.4 is 5.32 Å². The largest absolute Gasteiger partial charge is 0.377 e. The molecular weight excluding hydrogens is 186 g/mol. The van der Waals surface area contributed by atoms with Crippen LogP contribution in [0.15, 0.2) is 0 Å². The van der Waals surface area contributed by atoms with Crippen LogP contribution in [0.25, 0.3) is 0 Å². The van der Waals surface area contributed by atoms with Crippen molar-refractivity contribution in [1.29, 1.82) is 0 Å². The molecule has 0 saturated carbocycles. The SMILES string of the molecule is CCCC(C)CC(COC(C)C)NCC. The second kappa shape index (κ2) is 9.17. The van der Waals surface area contributed by atoms with Crippen molar-refractivity contribution in [3.63, 3.8) is 0 Å². The van der Waals surface area contributed by atoms with Crippen LogP contribution in [-0.4, -0.2) is 25.3 Å². The summed E-state index contributed by atoms with van der Waals surface area (Å²) in [6, 6.07) is 0.527. The summed E-state index contributed by atoms with van der Waals surface area (Å²) in [5.74, 6) is 0.801. The van der Waals surface area contributed by atoms with E-state index in [-0.39, 0.29) is 0 Å². The number of nitrogens with one attached hydrogen (secondary N) is 1. The summed E-state index contributed by atoms with van der Waals surface area (Å²) in [5, 5.41) is 3.50. The Morgan fingerprint density at radius 3 is 2.27 bits per heavy atom. The Balaban J connectivity index is 3.80. The molecule has 0 aromatic heterocycles. The first kappa shape index (κ1) is 14.9. The topological polar surface area (TPSA) is 21.3 Å². The van der Waals surface area contributed by atoms with E-state index >= 15 is 0 Å². The van der Waals surface area contributed by atoms with Crippen LogP contribution in [0.1, 0.15) is 53.9 Å². The van der Waals surface area contributed by atoms with Crippen molar-refractivity contribution in [3.05, 3.63) is 0 Å². The highest BCUT2D eigenvalue weighted by Gasteiger charge is 2.12. The Hall–Kier alpha value is -0.0800. The summed E-state index contributed by atoms with van der Waals surface area (Å²) in [7, 11) is 0. The minimum Gasteiger partial charge on any atom is -0.377 e. The van der Waals surface area contributed by atoms with Gasteiger partial charge in [-0.25, -0.2) is 0 Å². The molecule has 0 spiro atoms. The molecule has 1 N–H and O–H groups in total. The number of hydrogen-bond acceptors (Lipinski definition) is 2. The van der Waals surface area contributed by atoms with E-state index in [0.29, 0.717) is 12.1 Å². The van der Waals surface area contributed by atoms with Gasteiger partial charge in [0.25, 0.3) is 0 Å². The normalized spacial score (nSPS) is 15.6. The average Bonchev–Trinajstić information content (AvgIpc) is 2.15. The highest BCUT2D eigenvalue weighted by molar-refractivity contribution is 4.69. The summed E-state index contributed by atoms with van der Waals surface area (Å²) in [5.41, 5.74) is 0. The second-order valence-electron chi connectivity index (χ2n) is 4.77. The van der Waals surface area contributed by atoms with Crippen molar-refractivity contribution in [1.82, 2.24) is 5.32 Å². The van der Waals surface area contributed by atoms with Gasteiger partial charge in [-0.3, -0.25) is 0 Å². The highest BCUT2D eigenvalue weighted by Crippen LogP contribution is 2.13. The first-order chi connectivity index (χ1) is 7.10. The van der Waals surface area contributed by atoms with E-state index in [2.05, 4.69) is 39.9 Å². The zero-order valence-electron chi connectivity index (χ0n) is 11.2. The second-order valence-corrected chi connectivity index (χ2v) is 4.77. The van der Waals surface area contributed by atoms with Crippen LogP contribution in [0.3, 0.4) is 0 Å². The molecule has 0 aromatic rings. The number of ether oxygens (including phenoxy) is 1. The lowest BCUT2D eigenvalue weighted by Gasteiger charge is -2.22. The molecule has 0 aromatic carbocycles. The van der Waals surface area contributed by atoms with Crippen LogP contribution in [0.5, 0.6) is 0 Å². The molecule has 2 atom stereocenters. The molecule has 92 valence electrons. The summed E-state index contributed by atoms with van der Waals surface area (Å²) in [6.45, 7) is 12.8. The molecule has 15 heavy (non-hydrogen) atoms. The molecule has 0 fully saturated rings. The van der Waals surface area contributed by atoms with E-state index in [1.807, 2.05) is 0 Å². The fourth-order valence-corrected chi connectivity index (χ4v) is 1.90. The molecule has 0 amide bonds. The maximum Gasteiger partial charge on any atom is 0.0623 e. The lowest BCUT2D eigenvalue weighted by molar-refractivity contribution is 0.0565. The summed E-state index contributed by atoms with van der Waals surface area (Å²) in [6.07, 6.45) is 4.18. The zero-order valence-corrected chi connectivity index (χ0v) is 11.2. The van der Waals surface area contributed by atoms with Crippen LogP contribution in [0.4, 0.5) is 0 Å². The minimum absolute atomic E-state index is 0.340. The molecule has 0 aliphatic rings. The zero-order chi connectivity index (χ0) is 11.7. The summed E-state index contributed by atoms with van der Waals surface area (Å²) < 4.78 is 5.67. The van der Waals surface area contributed by atoms with Gasteiger partial charge in [-0.15, -0.1) is 0 Å². The van der Waals surface area contributed by atoms with Crippen LogP contribution in [0.2, 0.25) is 0 Å². The molecule has 2 nitrogen and oxygen atoms in total. The van der Waals surface area contributed by atoms with Gasteiger partial charge < -0.3 is 10.1 Å². The van der Waals surface area contributed by atoms with Gasteiger partial charge in [0, 0.05) is 6.04 Å². The van der Waals surface area contributed by atoms with Crippen LogP contribution in [0, 0.1) is 5.92 Å². The molecule has 0 radical (unpaired) electrons. The van der Waals surface area contributed by atoms with Crippen molar-refractivity contribution < 1.29 is 4.74 Å². The number of likely N-dealkylation sites (N-methyl/N-ethyl adjacent to an activating group) is 1. The fraction of sp³-hybridized carbons (Fsp3) is 1.00. The Labute approximate surface area is 95.8 Å². The van der Waals surface area contributed by atoms with E-state index in [4.69, 9.17) is 4.74 Å². The van der Waals surface area contributed by atoms with E-state index in [9.17, 15) is 0 Å². The molecule has 0 heterocycles. The predicted molar refractivity (Wildman–Crippen MR) is 67.2 cm³/mol. The molecule has 0 rings (SSSR count). The lowest BCUT2D eigenvalue weighted by Crippen LogP contribution is -2.35. The Morgan fingerprint density at radius 1 is 1.13 bits per heavy atom. The van der Waals surface area contributed by atoms with Gasteiger partial charge in [-0.2, -0.15) is 0 Å². The van der Waals surface area contributed by atoms with Gasteiger partial charge in [0.1, 0.15) is 0 Å². The third-order valence-electron chi connectivity index (χ3n) is 2.59. The third-order valence-corrected chi connectivity index (χ3v) is 2.59. The van der Waals surface area contributed by atoms with Gasteiger partial charge in [0.05, 0.1) is 12.7 Å². The Bertz CT molecular complexity index is 136. The van der Waals surface area contributed by atoms with Gasteiger partial charge in [-0.05, 0) is 32.7 Å². The molecule has 2 heteroatoms. The van der Waals surface area contributed by atoms with Crippen molar-refractivity contribution in [2.45, 2.75) is 66.0 Å². The fourth-order valence-electron chi connectivity index (χ4n) is 1.90. The summed E-state index contributed by atoms with van der Waals surface area (Å²) in [4.78, 5) is 0. The first-order valence-corrected chi connectivity index (χ1v) is 6.45. The van der Waals surface area contributed by atoms with Crippen molar-refractivity contribution >= 4 is 0 Å². The Kier molecular flexibility index (Phi) is 9.12. The standard InChI is InChI=1S/C13H29NO/c1-6-8-12(5)9-13(14-7-2)10-15-11(3)4/h11-14H,6-10H2,1-5H3. The monoisotopic (exact) mass is 215 g/mol. The van der Waals surface area contributed by atoms with Crippen molar-refractivity contribution in [2.75, 3.05) is 13.2 Å². The van der Waals surface area contributed by atoms with Crippen molar-refractivity contribution in [3.8, 4) is 0 Å². The Morgan fingerprint density at radius 2 is 1.80 bits per heavy atom. The van der Waals surface area contributed by atoms with Gasteiger partial charge in [0.15, 0.2) is 0 Å². The third kappa shape index (κ3) is 8.88. The van der Waals surface area contributed by atoms with E-state index in [1.165, 1.54) is 19.3 Å². The first-order valence-electron chi connectivity index (χ1n) is 6.45. The van der Waals surface area contributed by atoms with Crippen LogP contribution >= 0.6 is 0 Å². The van der Waals surface area contributed by atoms with Crippen LogP contribution in [-0.2, 0) is 4.74 Å². The van der Waals surface area contributed by atoms with Gasteiger partial charge in [-0.1, -0.05) is 33.6 Å². The minimum atomic E-state index is 0.340. The van der Waals surface area contributed by atoms with Gasteiger partial charge >= 0.3 is 0 Å². The van der Waals surface area contributed by atoms with E-state index < -0.39 is 0 Å². The molecule has 2 unspecified atom stereocenters. The predicted octanol–water partition coefficient (Wildman–Crippen LogP) is 3.22. The number of hydrogen-bond donors (Lipinski definition) is 1. The smallest absolute Gasteiger partial charge is 0.0623 e. The summed E-state index contributed by atoms with van der Waals surface area (Å²) >= 11 is 0. The van der Waals surface area contributed by atoms with E-state index in [0.717, 1.165) is 19.1 Å². The molecular formula is C13H29NO. The number of rotatable bonds is 9. The molecule has 0 aliphatic heterocycles. The van der Waals surface area contributed by atoms with Gasteiger partial charge in [0.2, 0.25) is 0 Å². The maximum atomic E-state index is 5.67. The highest BCUT2D eigenvalue weighted by atomic mass is 16.5. The average molecular weight is 215 g/mol. The quantitative estimate of drug-likeness (QED) is 0.637. The maximum absolute atomic E-state index is 5.67. The molecule has 0 aliphatic carbocycles. The molecule has 0 bridgehead atoms. The lowest BCUT2D eigenvalue weighted by atomic mass is 9.97. The molecule has 0 saturated heterocycles. The van der Waals surface area contributed by atoms with Crippen molar-refractivity contribution in [2.24, 2.45) is 5.92 Å². The van der Waals surface area contributed by atoms with E-state index in [1.54, 1.807) is 0 Å².